The Kier molecular flexibility index (Phi) is 9.04. The lowest BCUT2D eigenvalue weighted by Gasteiger charge is -2.29. The van der Waals surface area contributed by atoms with Gasteiger partial charge >= 0.3 is 0 Å². The van der Waals surface area contributed by atoms with Crippen LogP contribution >= 0.6 is 0 Å². The number of aliphatic imine (C=N–C) groups is 2. The quantitative estimate of drug-likeness (QED) is 0.298. The van der Waals surface area contributed by atoms with Gasteiger partial charge in [0, 0.05) is 34.9 Å². The SMILES string of the molecule is CC(C)(C)c1cc(C=N[C@@H]2CCCC[C@H]2N=Cc2cc(C(C)(C)C)cc(C(C)(C)C)c2N)c(N)c(C(C)(C)C)c1. The highest BCUT2D eigenvalue weighted by molar-refractivity contribution is 5.90. The highest BCUT2D eigenvalue weighted by atomic mass is 14.9. The van der Waals surface area contributed by atoms with E-state index in [-0.39, 0.29) is 33.7 Å². The predicted molar refractivity (Wildman–Crippen MR) is 178 cm³/mol. The van der Waals surface area contributed by atoms with Crippen molar-refractivity contribution in [1.29, 1.82) is 0 Å². The lowest BCUT2D eigenvalue weighted by molar-refractivity contribution is 0.390. The van der Waals surface area contributed by atoms with Crippen molar-refractivity contribution in [1.82, 2.24) is 0 Å². The van der Waals surface area contributed by atoms with Gasteiger partial charge in [0.25, 0.3) is 0 Å². The number of rotatable bonds is 4. The molecule has 0 radical (unpaired) electrons. The number of hydrogen-bond donors (Lipinski definition) is 2. The lowest BCUT2D eigenvalue weighted by Crippen LogP contribution is -2.27. The van der Waals surface area contributed by atoms with Crippen molar-refractivity contribution in [2.24, 2.45) is 9.98 Å². The molecule has 4 heteroatoms. The maximum Gasteiger partial charge on any atom is 0.0723 e. The summed E-state index contributed by atoms with van der Waals surface area (Å²) >= 11 is 0. The molecule has 1 saturated carbocycles. The van der Waals surface area contributed by atoms with E-state index in [1.165, 1.54) is 35.1 Å². The molecule has 0 unspecified atom stereocenters. The second-order valence-electron chi connectivity index (χ2n) is 16.0. The zero-order chi connectivity index (χ0) is 30.3. The number of anilines is 2. The first kappa shape index (κ1) is 31.9. The Balaban J connectivity index is 2.00. The predicted octanol–water partition coefficient (Wildman–Crippen LogP) is 8.89. The first-order valence-electron chi connectivity index (χ1n) is 15.1. The zero-order valence-electron chi connectivity index (χ0n) is 27.5. The fourth-order valence-electron chi connectivity index (χ4n) is 5.46. The number of nitrogens with two attached hydrogens (primary N) is 2. The van der Waals surface area contributed by atoms with Crippen molar-refractivity contribution in [3.63, 3.8) is 0 Å². The molecule has 0 aliphatic heterocycles. The Morgan fingerprint density at radius 1 is 0.550 bits per heavy atom. The van der Waals surface area contributed by atoms with E-state index in [2.05, 4.69) is 107 Å². The summed E-state index contributed by atoms with van der Waals surface area (Å²) in [6, 6.07) is 9.28. The van der Waals surface area contributed by atoms with Gasteiger partial charge < -0.3 is 11.5 Å². The van der Waals surface area contributed by atoms with E-state index in [1.807, 2.05) is 12.4 Å². The van der Waals surface area contributed by atoms with E-state index >= 15 is 0 Å². The molecule has 1 aliphatic carbocycles. The van der Waals surface area contributed by atoms with Crippen LogP contribution in [0.25, 0.3) is 0 Å². The number of benzene rings is 2. The van der Waals surface area contributed by atoms with Crippen LogP contribution in [-0.2, 0) is 21.7 Å². The van der Waals surface area contributed by atoms with E-state index < -0.39 is 0 Å². The number of nitrogen functional groups attached to an aromatic ring is 2. The molecule has 1 aliphatic rings. The summed E-state index contributed by atoms with van der Waals surface area (Å²) in [6.07, 6.45) is 8.46. The van der Waals surface area contributed by atoms with Crippen LogP contribution in [0.4, 0.5) is 11.4 Å². The summed E-state index contributed by atoms with van der Waals surface area (Å²) in [5.41, 5.74) is 22.1. The summed E-state index contributed by atoms with van der Waals surface area (Å²) in [6.45, 7) is 26.9. The Bertz CT molecular complexity index is 1150. The van der Waals surface area contributed by atoms with Gasteiger partial charge in [0.15, 0.2) is 0 Å². The molecule has 0 aromatic heterocycles. The Morgan fingerprint density at radius 3 is 1.15 bits per heavy atom. The molecule has 2 atom stereocenters. The highest BCUT2D eigenvalue weighted by Gasteiger charge is 2.27. The summed E-state index contributed by atoms with van der Waals surface area (Å²) in [4.78, 5) is 10.3. The monoisotopic (exact) mass is 544 g/mol. The standard InChI is InChI=1S/C36H56N4/c1-33(2,3)25-17-23(31(37)27(19-25)35(7,8)9)21-39-29-15-13-14-16-30(29)40-22-24-18-26(34(4,5)6)20-28(32(24)38)36(10,11)12/h17-22,29-30H,13-16,37-38H2,1-12H3/t29-,30-/m1/s1. The molecule has 0 amide bonds. The second kappa shape index (κ2) is 11.3. The summed E-state index contributed by atoms with van der Waals surface area (Å²) in [7, 11) is 0. The van der Waals surface area contributed by atoms with Gasteiger partial charge in [-0.05, 0) is 68.9 Å². The Morgan fingerprint density at radius 2 is 0.875 bits per heavy atom. The van der Waals surface area contributed by atoms with E-state index in [4.69, 9.17) is 21.5 Å². The topological polar surface area (TPSA) is 76.8 Å². The minimum Gasteiger partial charge on any atom is -0.398 e. The van der Waals surface area contributed by atoms with E-state index in [1.54, 1.807) is 0 Å². The molecule has 0 spiro atoms. The number of hydrogen-bond acceptors (Lipinski definition) is 4. The molecule has 4 N–H and O–H groups in total. The average Bonchev–Trinajstić information content (AvgIpc) is 2.80. The molecular weight excluding hydrogens is 488 g/mol. The molecule has 4 nitrogen and oxygen atoms in total. The van der Waals surface area contributed by atoms with Crippen LogP contribution in [0.5, 0.6) is 0 Å². The van der Waals surface area contributed by atoms with Crippen molar-refractivity contribution >= 4 is 23.8 Å². The van der Waals surface area contributed by atoms with Crippen molar-refractivity contribution < 1.29 is 0 Å². The smallest absolute Gasteiger partial charge is 0.0723 e. The van der Waals surface area contributed by atoms with Crippen LogP contribution in [0.15, 0.2) is 34.3 Å². The van der Waals surface area contributed by atoms with E-state index in [0.29, 0.717) is 0 Å². The fraction of sp³-hybridized carbons (Fsp3) is 0.611. The molecule has 1 fully saturated rings. The Hall–Kier alpha value is -2.62. The van der Waals surface area contributed by atoms with Crippen LogP contribution in [-0.4, -0.2) is 24.5 Å². The first-order chi connectivity index (χ1) is 18.2. The molecule has 0 heterocycles. The van der Waals surface area contributed by atoms with Gasteiger partial charge in [-0.3, -0.25) is 9.98 Å². The van der Waals surface area contributed by atoms with Crippen LogP contribution < -0.4 is 11.5 Å². The van der Waals surface area contributed by atoms with Crippen molar-refractivity contribution in [3.05, 3.63) is 57.6 Å². The van der Waals surface area contributed by atoms with Crippen LogP contribution in [0, 0.1) is 0 Å². The third kappa shape index (κ3) is 7.56. The maximum absolute atomic E-state index is 6.75. The first-order valence-corrected chi connectivity index (χ1v) is 15.1. The third-order valence-electron chi connectivity index (χ3n) is 8.28. The maximum atomic E-state index is 6.75. The third-order valence-corrected chi connectivity index (χ3v) is 8.28. The molecule has 220 valence electrons. The summed E-state index contributed by atoms with van der Waals surface area (Å²) < 4.78 is 0. The van der Waals surface area contributed by atoms with Crippen molar-refractivity contribution in [3.8, 4) is 0 Å². The van der Waals surface area contributed by atoms with E-state index in [9.17, 15) is 0 Å². The van der Waals surface area contributed by atoms with Gasteiger partial charge in [0.05, 0.1) is 12.1 Å². The van der Waals surface area contributed by atoms with E-state index in [0.717, 1.165) is 35.3 Å². The molecule has 3 rings (SSSR count). The normalized spacial score (nSPS) is 19.6. The van der Waals surface area contributed by atoms with Crippen LogP contribution in [0.3, 0.4) is 0 Å². The van der Waals surface area contributed by atoms with Crippen molar-refractivity contribution in [2.75, 3.05) is 11.5 Å². The fourth-order valence-corrected chi connectivity index (χ4v) is 5.46. The van der Waals surface area contributed by atoms with Crippen LogP contribution in [0.1, 0.15) is 142 Å². The lowest BCUT2D eigenvalue weighted by atomic mass is 9.78. The van der Waals surface area contributed by atoms with Gasteiger partial charge in [-0.2, -0.15) is 0 Å². The molecule has 0 saturated heterocycles. The van der Waals surface area contributed by atoms with Gasteiger partial charge in [-0.25, -0.2) is 0 Å². The highest BCUT2D eigenvalue weighted by Crippen LogP contribution is 2.37. The Labute approximate surface area is 245 Å². The second-order valence-corrected chi connectivity index (χ2v) is 16.0. The van der Waals surface area contributed by atoms with Gasteiger partial charge in [-0.1, -0.05) is 108 Å². The molecule has 2 aromatic rings. The average molecular weight is 545 g/mol. The van der Waals surface area contributed by atoms with Gasteiger partial charge in [-0.15, -0.1) is 0 Å². The molecule has 40 heavy (non-hydrogen) atoms. The molecular formula is C36H56N4. The summed E-state index contributed by atoms with van der Waals surface area (Å²) in [5, 5.41) is 0. The van der Waals surface area contributed by atoms with Crippen LogP contribution in [0.2, 0.25) is 0 Å². The largest absolute Gasteiger partial charge is 0.398 e. The van der Waals surface area contributed by atoms with Gasteiger partial charge in [0.1, 0.15) is 0 Å². The summed E-state index contributed by atoms with van der Waals surface area (Å²) in [5.74, 6) is 0. The van der Waals surface area contributed by atoms with Crippen molar-refractivity contribution in [2.45, 2.75) is 143 Å². The molecule has 0 bridgehead atoms. The molecule has 2 aromatic carbocycles. The minimum absolute atomic E-state index is 0.0292. The number of nitrogens with zero attached hydrogens (tertiary/aromatic N) is 2. The van der Waals surface area contributed by atoms with Gasteiger partial charge in [0.2, 0.25) is 0 Å². The zero-order valence-corrected chi connectivity index (χ0v) is 27.5. The minimum atomic E-state index is -0.0426.